The SMILES string of the molecule is CC(C)S(=O)(=O)NCC1CCCC(Cl)C1. The van der Waals surface area contributed by atoms with Gasteiger partial charge in [0.2, 0.25) is 10.0 Å². The van der Waals surface area contributed by atoms with Gasteiger partial charge in [0, 0.05) is 11.9 Å². The van der Waals surface area contributed by atoms with Crippen LogP contribution in [0.5, 0.6) is 0 Å². The van der Waals surface area contributed by atoms with E-state index in [4.69, 9.17) is 11.6 Å². The molecule has 3 nitrogen and oxygen atoms in total. The Labute approximate surface area is 97.6 Å². The summed E-state index contributed by atoms with van der Waals surface area (Å²) in [5.74, 6) is 0.412. The number of halogens is 1. The van der Waals surface area contributed by atoms with Gasteiger partial charge in [0.05, 0.1) is 5.25 Å². The molecule has 1 saturated carbocycles. The lowest BCUT2D eigenvalue weighted by Gasteiger charge is -2.25. The van der Waals surface area contributed by atoms with E-state index in [0.717, 1.165) is 25.7 Å². The first-order chi connectivity index (χ1) is 6.92. The number of nitrogens with one attached hydrogen (secondary N) is 1. The molecule has 15 heavy (non-hydrogen) atoms. The van der Waals surface area contributed by atoms with Crippen LogP contribution in [-0.4, -0.2) is 25.6 Å². The third-order valence-electron chi connectivity index (χ3n) is 2.91. The third-order valence-corrected chi connectivity index (χ3v) is 5.12. The van der Waals surface area contributed by atoms with E-state index in [9.17, 15) is 8.42 Å². The van der Waals surface area contributed by atoms with E-state index >= 15 is 0 Å². The van der Waals surface area contributed by atoms with E-state index in [1.54, 1.807) is 13.8 Å². The van der Waals surface area contributed by atoms with E-state index in [0.29, 0.717) is 12.5 Å². The van der Waals surface area contributed by atoms with Gasteiger partial charge in [-0.25, -0.2) is 13.1 Å². The van der Waals surface area contributed by atoms with Crippen molar-refractivity contribution in [1.29, 1.82) is 0 Å². The smallest absolute Gasteiger partial charge is 0.213 e. The predicted octanol–water partition coefficient (Wildman–Crippen LogP) is 2.11. The van der Waals surface area contributed by atoms with E-state index in [1.165, 1.54) is 0 Å². The van der Waals surface area contributed by atoms with Crippen molar-refractivity contribution in [2.24, 2.45) is 5.92 Å². The zero-order valence-electron chi connectivity index (χ0n) is 9.37. The molecule has 0 aromatic rings. The molecule has 2 atom stereocenters. The number of rotatable bonds is 4. The van der Waals surface area contributed by atoms with Crippen molar-refractivity contribution in [3.8, 4) is 0 Å². The van der Waals surface area contributed by atoms with Crippen LogP contribution in [0.25, 0.3) is 0 Å². The quantitative estimate of drug-likeness (QED) is 0.780. The van der Waals surface area contributed by atoms with Gasteiger partial charge in [-0.15, -0.1) is 11.6 Å². The van der Waals surface area contributed by atoms with Crippen molar-refractivity contribution in [3.05, 3.63) is 0 Å². The van der Waals surface area contributed by atoms with Crippen molar-refractivity contribution in [2.75, 3.05) is 6.54 Å². The fraction of sp³-hybridized carbons (Fsp3) is 1.00. The van der Waals surface area contributed by atoms with E-state index in [-0.39, 0.29) is 10.6 Å². The highest BCUT2D eigenvalue weighted by Crippen LogP contribution is 2.27. The molecule has 1 aliphatic carbocycles. The fourth-order valence-electron chi connectivity index (χ4n) is 1.81. The molecular formula is C10H20ClNO2S. The summed E-state index contributed by atoms with van der Waals surface area (Å²) >= 11 is 6.05. The largest absolute Gasteiger partial charge is 0.215 e. The molecule has 0 heterocycles. The summed E-state index contributed by atoms with van der Waals surface area (Å²) in [5, 5.41) is -0.125. The second-order valence-electron chi connectivity index (χ2n) is 4.57. The molecular weight excluding hydrogens is 234 g/mol. The first-order valence-electron chi connectivity index (χ1n) is 5.54. The molecule has 0 spiro atoms. The Hall–Kier alpha value is 0.200. The third kappa shape index (κ3) is 4.29. The number of hydrogen-bond donors (Lipinski definition) is 1. The zero-order valence-corrected chi connectivity index (χ0v) is 10.9. The van der Waals surface area contributed by atoms with Crippen LogP contribution in [0.1, 0.15) is 39.5 Å². The summed E-state index contributed by atoms with van der Waals surface area (Å²) in [6.07, 6.45) is 4.20. The Kier molecular flexibility index (Phi) is 4.87. The molecule has 0 radical (unpaired) electrons. The van der Waals surface area contributed by atoms with Crippen molar-refractivity contribution in [1.82, 2.24) is 4.72 Å². The summed E-state index contributed by atoms with van der Waals surface area (Å²) in [5.41, 5.74) is 0. The second kappa shape index (κ2) is 5.51. The molecule has 0 aromatic carbocycles. The second-order valence-corrected chi connectivity index (χ2v) is 7.51. The first-order valence-corrected chi connectivity index (χ1v) is 7.52. The normalized spacial score (nSPS) is 28.3. The van der Waals surface area contributed by atoms with E-state index in [1.807, 2.05) is 0 Å². The summed E-state index contributed by atoms with van der Waals surface area (Å²) in [4.78, 5) is 0. The Bertz CT molecular complexity index is 290. The van der Waals surface area contributed by atoms with Gasteiger partial charge in [-0.1, -0.05) is 6.42 Å². The molecule has 1 aliphatic rings. The molecule has 0 saturated heterocycles. The molecule has 0 bridgehead atoms. The van der Waals surface area contributed by atoms with E-state index < -0.39 is 10.0 Å². The van der Waals surface area contributed by atoms with Gasteiger partial charge in [0.15, 0.2) is 0 Å². The summed E-state index contributed by atoms with van der Waals surface area (Å²) in [6.45, 7) is 3.92. The Balaban J connectivity index is 2.37. The summed E-state index contributed by atoms with van der Waals surface area (Å²) in [7, 11) is -3.11. The van der Waals surface area contributed by atoms with Gasteiger partial charge >= 0.3 is 0 Å². The number of alkyl halides is 1. The average molecular weight is 254 g/mol. The van der Waals surface area contributed by atoms with Crippen molar-refractivity contribution in [2.45, 2.75) is 50.2 Å². The molecule has 90 valence electrons. The first kappa shape index (κ1) is 13.3. The molecule has 0 aliphatic heterocycles. The van der Waals surface area contributed by atoms with Gasteiger partial charge in [0.25, 0.3) is 0 Å². The maximum absolute atomic E-state index is 11.5. The molecule has 2 unspecified atom stereocenters. The van der Waals surface area contributed by atoms with E-state index in [2.05, 4.69) is 4.72 Å². The Morgan fingerprint density at radius 2 is 2.07 bits per heavy atom. The van der Waals surface area contributed by atoms with Crippen molar-refractivity contribution in [3.63, 3.8) is 0 Å². The van der Waals surface area contributed by atoms with Crippen LogP contribution in [0, 0.1) is 5.92 Å². The lowest BCUT2D eigenvalue weighted by Crippen LogP contribution is -2.36. The van der Waals surface area contributed by atoms with Gasteiger partial charge in [0.1, 0.15) is 0 Å². The fourth-order valence-corrected chi connectivity index (χ4v) is 3.02. The van der Waals surface area contributed by atoms with Crippen LogP contribution < -0.4 is 4.72 Å². The highest BCUT2D eigenvalue weighted by atomic mass is 35.5. The maximum Gasteiger partial charge on any atom is 0.213 e. The minimum absolute atomic E-state index is 0.229. The topological polar surface area (TPSA) is 46.2 Å². The van der Waals surface area contributed by atoms with Crippen molar-refractivity contribution >= 4 is 21.6 Å². The molecule has 1 rings (SSSR count). The summed E-state index contributed by atoms with van der Waals surface area (Å²) < 4.78 is 25.7. The van der Waals surface area contributed by atoms with Crippen LogP contribution in [-0.2, 0) is 10.0 Å². The average Bonchev–Trinajstić information content (AvgIpc) is 2.15. The summed E-state index contributed by atoms with van der Waals surface area (Å²) in [6, 6.07) is 0. The highest BCUT2D eigenvalue weighted by Gasteiger charge is 2.23. The van der Waals surface area contributed by atoms with Crippen molar-refractivity contribution < 1.29 is 8.42 Å². The molecule has 1 N–H and O–H groups in total. The van der Waals surface area contributed by atoms with Crippen LogP contribution >= 0.6 is 11.6 Å². The monoisotopic (exact) mass is 253 g/mol. The molecule has 0 aromatic heterocycles. The van der Waals surface area contributed by atoms with Gasteiger partial charge in [-0.3, -0.25) is 0 Å². The number of hydrogen-bond acceptors (Lipinski definition) is 2. The maximum atomic E-state index is 11.5. The standard InChI is InChI=1S/C10H20ClNO2S/c1-8(2)15(13,14)12-7-9-4-3-5-10(11)6-9/h8-10,12H,3-7H2,1-2H3. The minimum atomic E-state index is -3.11. The van der Waals surface area contributed by atoms with Gasteiger partial charge < -0.3 is 0 Å². The van der Waals surface area contributed by atoms with Crippen LogP contribution in [0.2, 0.25) is 0 Å². The van der Waals surface area contributed by atoms with Gasteiger partial charge in [-0.2, -0.15) is 0 Å². The molecule has 1 fully saturated rings. The predicted molar refractivity (Wildman–Crippen MR) is 63.7 cm³/mol. The lowest BCUT2D eigenvalue weighted by atomic mass is 9.89. The lowest BCUT2D eigenvalue weighted by molar-refractivity contribution is 0.361. The minimum Gasteiger partial charge on any atom is -0.215 e. The van der Waals surface area contributed by atoms with Crippen LogP contribution in [0.3, 0.4) is 0 Å². The Morgan fingerprint density at radius 3 is 2.60 bits per heavy atom. The van der Waals surface area contributed by atoms with Crippen LogP contribution in [0.4, 0.5) is 0 Å². The highest BCUT2D eigenvalue weighted by molar-refractivity contribution is 7.90. The molecule has 5 heteroatoms. The Morgan fingerprint density at radius 1 is 1.40 bits per heavy atom. The van der Waals surface area contributed by atoms with Gasteiger partial charge in [-0.05, 0) is 39.0 Å². The zero-order chi connectivity index (χ0) is 11.5. The molecule has 0 amide bonds. The van der Waals surface area contributed by atoms with Crippen LogP contribution in [0.15, 0.2) is 0 Å². The number of sulfonamides is 1.